The highest BCUT2D eigenvalue weighted by Crippen LogP contribution is 2.21. The molecular formula is C14H14N4S. The summed E-state index contributed by atoms with van der Waals surface area (Å²) in [6, 6.07) is 20.5. The Bertz CT molecular complexity index is 556. The topological polar surface area (TPSA) is 39.7 Å². The number of nitrogens with one attached hydrogen (secondary N) is 2. The van der Waals surface area contributed by atoms with Crippen molar-refractivity contribution in [3.8, 4) is 0 Å². The molecule has 0 atom stereocenters. The molecule has 1 heterocycles. The molecule has 5 heteroatoms. The first-order valence-electron chi connectivity index (χ1n) is 6.04. The number of thioether (sulfide) groups is 1. The SMILES string of the molecule is c1ccc(CSC2=NNNN2c2ccccc2)cc1. The molecule has 2 N–H and O–H groups in total. The lowest BCUT2D eigenvalue weighted by atomic mass is 10.2. The van der Waals surface area contributed by atoms with E-state index in [1.807, 2.05) is 41.4 Å². The number of hydrazone groups is 1. The Morgan fingerprint density at radius 2 is 1.63 bits per heavy atom. The molecule has 0 amide bonds. The van der Waals surface area contributed by atoms with Crippen LogP contribution in [0.1, 0.15) is 5.56 Å². The van der Waals surface area contributed by atoms with Crippen LogP contribution in [0.25, 0.3) is 0 Å². The molecule has 0 aliphatic carbocycles. The van der Waals surface area contributed by atoms with Gasteiger partial charge >= 0.3 is 0 Å². The van der Waals surface area contributed by atoms with Gasteiger partial charge in [-0.25, -0.2) is 10.5 Å². The van der Waals surface area contributed by atoms with Gasteiger partial charge < -0.3 is 0 Å². The van der Waals surface area contributed by atoms with Crippen molar-refractivity contribution in [3.63, 3.8) is 0 Å². The van der Waals surface area contributed by atoms with Crippen LogP contribution < -0.4 is 16.1 Å². The summed E-state index contributed by atoms with van der Waals surface area (Å²) in [5.41, 5.74) is 8.17. The number of hydrogen-bond donors (Lipinski definition) is 2. The Morgan fingerprint density at radius 1 is 0.947 bits per heavy atom. The van der Waals surface area contributed by atoms with E-state index in [1.54, 1.807) is 11.8 Å². The lowest BCUT2D eigenvalue weighted by Gasteiger charge is -2.18. The molecule has 0 radical (unpaired) electrons. The van der Waals surface area contributed by atoms with E-state index in [9.17, 15) is 0 Å². The van der Waals surface area contributed by atoms with Crippen molar-refractivity contribution in [3.05, 3.63) is 66.2 Å². The summed E-state index contributed by atoms with van der Waals surface area (Å²) in [4.78, 5) is 0. The molecule has 19 heavy (non-hydrogen) atoms. The van der Waals surface area contributed by atoms with E-state index in [1.165, 1.54) is 5.56 Å². The molecule has 1 aliphatic heterocycles. The van der Waals surface area contributed by atoms with Crippen molar-refractivity contribution in [1.82, 2.24) is 11.1 Å². The number of anilines is 1. The molecule has 1 aliphatic rings. The third kappa shape index (κ3) is 2.89. The van der Waals surface area contributed by atoms with Gasteiger partial charge in [-0.15, -0.1) is 10.6 Å². The lowest BCUT2D eigenvalue weighted by Crippen LogP contribution is -2.40. The summed E-state index contributed by atoms with van der Waals surface area (Å²) in [7, 11) is 0. The van der Waals surface area contributed by atoms with Crippen molar-refractivity contribution in [2.75, 3.05) is 5.01 Å². The number of para-hydroxylation sites is 1. The molecular weight excluding hydrogens is 256 g/mol. The first-order valence-corrected chi connectivity index (χ1v) is 7.02. The maximum absolute atomic E-state index is 4.25. The molecule has 0 saturated carbocycles. The number of rotatable bonds is 3. The van der Waals surface area contributed by atoms with Crippen LogP contribution in [0.5, 0.6) is 0 Å². The van der Waals surface area contributed by atoms with Gasteiger partial charge in [0.2, 0.25) is 5.17 Å². The van der Waals surface area contributed by atoms with Gasteiger partial charge in [0.25, 0.3) is 0 Å². The van der Waals surface area contributed by atoms with E-state index >= 15 is 0 Å². The monoisotopic (exact) mass is 270 g/mol. The van der Waals surface area contributed by atoms with E-state index in [-0.39, 0.29) is 0 Å². The molecule has 0 saturated heterocycles. The maximum atomic E-state index is 4.25. The Kier molecular flexibility index (Phi) is 3.67. The number of nitrogens with zero attached hydrogens (tertiary/aromatic N) is 2. The second kappa shape index (κ2) is 5.77. The zero-order chi connectivity index (χ0) is 12.9. The second-order valence-corrected chi connectivity index (χ2v) is 5.01. The second-order valence-electron chi connectivity index (χ2n) is 4.06. The summed E-state index contributed by atoms with van der Waals surface area (Å²) in [5.74, 6) is 0.895. The summed E-state index contributed by atoms with van der Waals surface area (Å²) in [6.07, 6.45) is 0. The number of amidine groups is 1. The summed E-state index contributed by atoms with van der Waals surface area (Å²) >= 11 is 1.69. The highest BCUT2D eigenvalue weighted by Gasteiger charge is 2.18. The van der Waals surface area contributed by atoms with Gasteiger partial charge in [-0.1, -0.05) is 60.3 Å². The predicted molar refractivity (Wildman–Crippen MR) is 80.4 cm³/mol. The quantitative estimate of drug-likeness (QED) is 0.899. The fourth-order valence-electron chi connectivity index (χ4n) is 1.79. The largest absolute Gasteiger partial charge is 0.233 e. The minimum Gasteiger partial charge on any atom is -0.233 e. The Balaban J connectivity index is 1.67. The third-order valence-electron chi connectivity index (χ3n) is 2.73. The number of hydrogen-bond acceptors (Lipinski definition) is 5. The van der Waals surface area contributed by atoms with Crippen molar-refractivity contribution >= 4 is 22.6 Å². The molecule has 4 nitrogen and oxygen atoms in total. The van der Waals surface area contributed by atoms with E-state index in [0.717, 1.165) is 16.6 Å². The van der Waals surface area contributed by atoms with Crippen LogP contribution >= 0.6 is 11.8 Å². The summed E-state index contributed by atoms with van der Waals surface area (Å²) in [5, 5.41) is 7.10. The molecule has 0 unspecified atom stereocenters. The average molecular weight is 270 g/mol. The normalized spacial score (nSPS) is 14.1. The lowest BCUT2D eigenvalue weighted by molar-refractivity contribution is 0.623. The number of benzene rings is 2. The highest BCUT2D eigenvalue weighted by atomic mass is 32.2. The van der Waals surface area contributed by atoms with Crippen LogP contribution in [0.15, 0.2) is 65.8 Å². The molecule has 0 aromatic heterocycles. The zero-order valence-corrected chi connectivity index (χ0v) is 11.1. The Labute approximate surface area is 116 Å². The van der Waals surface area contributed by atoms with Crippen LogP contribution in [-0.2, 0) is 5.75 Å². The average Bonchev–Trinajstić information content (AvgIpc) is 2.95. The van der Waals surface area contributed by atoms with Crippen LogP contribution in [0.2, 0.25) is 0 Å². The first-order chi connectivity index (χ1) is 9.43. The summed E-state index contributed by atoms with van der Waals surface area (Å²) < 4.78 is 0. The minimum absolute atomic E-state index is 0.895. The van der Waals surface area contributed by atoms with E-state index in [0.29, 0.717) is 0 Å². The first kappa shape index (κ1) is 12.1. The van der Waals surface area contributed by atoms with Crippen LogP contribution in [-0.4, -0.2) is 5.17 Å². The van der Waals surface area contributed by atoms with Gasteiger partial charge in [0.15, 0.2) is 0 Å². The third-order valence-corrected chi connectivity index (χ3v) is 3.74. The fourth-order valence-corrected chi connectivity index (χ4v) is 2.67. The van der Waals surface area contributed by atoms with E-state index < -0.39 is 0 Å². The minimum atomic E-state index is 0.895. The molecule has 2 aromatic carbocycles. The van der Waals surface area contributed by atoms with Crippen molar-refractivity contribution in [1.29, 1.82) is 0 Å². The molecule has 0 fully saturated rings. The van der Waals surface area contributed by atoms with Gasteiger partial charge in [-0.05, 0) is 17.7 Å². The number of hydrazine groups is 2. The standard InChI is InChI=1S/C14H14N4S/c1-3-7-12(8-4-1)11-19-14-15-16-17-18(14)13-9-5-2-6-10-13/h1-10,16-17H,11H2. The van der Waals surface area contributed by atoms with Gasteiger partial charge in [-0.3, -0.25) is 0 Å². The fraction of sp³-hybridized carbons (Fsp3) is 0.0714. The smallest absolute Gasteiger partial charge is 0.205 e. The molecule has 2 aromatic rings. The van der Waals surface area contributed by atoms with Gasteiger partial charge in [0, 0.05) is 5.75 Å². The van der Waals surface area contributed by atoms with E-state index in [4.69, 9.17) is 0 Å². The van der Waals surface area contributed by atoms with Crippen molar-refractivity contribution in [2.45, 2.75) is 5.75 Å². The van der Waals surface area contributed by atoms with Crippen LogP contribution in [0.3, 0.4) is 0 Å². The maximum Gasteiger partial charge on any atom is 0.205 e. The molecule has 0 spiro atoms. The van der Waals surface area contributed by atoms with Crippen LogP contribution in [0, 0.1) is 0 Å². The van der Waals surface area contributed by atoms with Crippen molar-refractivity contribution in [2.24, 2.45) is 5.10 Å². The molecule has 0 bridgehead atoms. The summed E-state index contributed by atoms with van der Waals surface area (Å²) in [6.45, 7) is 0. The van der Waals surface area contributed by atoms with Crippen molar-refractivity contribution < 1.29 is 0 Å². The van der Waals surface area contributed by atoms with Crippen LogP contribution in [0.4, 0.5) is 5.69 Å². The molecule has 3 rings (SSSR count). The van der Waals surface area contributed by atoms with Gasteiger partial charge in [-0.2, -0.15) is 0 Å². The van der Waals surface area contributed by atoms with E-state index in [2.05, 4.69) is 40.4 Å². The van der Waals surface area contributed by atoms with Gasteiger partial charge in [0.1, 0.15) is 0 Å². The Hall–Kier alpha value is -1.98. The van der Waals surface area contributed by atoms with Gasteiger partial charge in [0.05, 0.1) is 5.69 Å². The predicted octanol–water partition coefficient (Wildman–Crippen LogP) is 2.72. The zero-order valence-electron chi connectivity index (χ0n) is 10.3. The Morgan fingerprint density at radius 3 is 2.37 bits per heavy atom. The molecule has 96 valence electrons. The highest BCUT2D eigenvalue weighted by molar-refractivity contribution is 8.13.